The molecule has 0 spiro atoms. The van der Waals surface area contributed by atoms with Gasteiger partial charge in [0.25, 0.3) is 0 Å². The molecule has 92 valence electrons. The molecule has 3 heteroatoms. The van der Waals surface area contributed by atoms with Gasteiger partial charge >= 0.3 is 0 Å². The third-order valence-electron chi connectivity index (χ3n) is 2.25. The fourth-order valence-electron chi connectivity index (χ4n) is 1.72. The van der Waals surface area contributed by atoms with Gasteiger partial charge in [-0.3, -0.25) is 0 Å². The highest BCUT2D eigenvalue weighted by Crippen LogP contribution is 2.14. The lowest BCUT2D eigenvalue weighted by atomic mass is 9.92. The van der Waals surface area contributed by atoms with Gasteiger partial charge < -0.3 is 15.0 Å². The number of ether oxygens (including phenoxy) is 1. The third kappa shape index (κ3) is 8.85. The molecule has 0 radical (unpaired) electrons. The second-order valence-electron chi connectivity index (χ2n) is 5.34. The van der Waals surface area contributed by atoms with Crippen LogP contribution in [0.4, 0.5) is 0 Å². The lowest BCUT2D eigenvalue weighted by Gasteiger charge is -2.30. The first-order valence-corrected chi connectivity index (χ1v) is 5.83. The van der Waals surface area contributed by atoms with E-state index in [4.69, 9.17) is 4.74 Å². The standard InChI is InChI=1S/C12H28N2O/c1-7-15-8-11(2)13-9-12(3,4)10-14(5)6/h11,13H,7-10H2,1-6H3. The normalized spacial score (nSPS) is 14.6. The molecule has 0 amide bonds. The first-order valence-electron chi connectivity index (χ1n) is 5.83. The van der Waals surface area contributed by atoms with Gasteiger partial charge in [0, 0.05) is 25.7 Å². The van der Waals surface area contributed by atoms with E-state index in [1.54, 1.807) is 0 Å². The lowest BCUT2D eigenvalue weighted by molar-refractivity contribution is 0.121. The molecule has 0 aliphatic rings. The van der Waals surface area contributed by atoms with Crippen LogP contribution in [-0.4, -0.2) is 51.3 Å². The summed E-state index contributed by atoms with van der Waals surface area (Å²) >= 11 is 0. The summed E-state index contributed by atoms with van der Waals surface area (Å²) in [5.41, 5.74) is 0.309. The van der Waals surface area contributed by atoms with Gasteiger partial charge in [-0.25, -0.2) is 0 Å². The van der Waals surface area contributed by atoms with Crippen LogP contribution < -0.4 is 5.32 Å². The van der Waals surface area contributed by atoms with Gasteiger partial charge in [0.1, 0.15) is 0 Å². The summed E-state index contributed by atoms with van der Waals surface area (Å²) in [5, 5.41) is 3.51. The maximum Gasteiger partial charge on any atom is 0.0616 e. The number of rotatable bonds is 8. The summed E-state index contributed by atoms with van der Waals surface area (Å²) < 4.78 is 5.37. The monoisotopic (exact) mass is 216 g/mol. The van der Waals surface area contributed by atoms with Crippen molar-refractivity contribution in [2.24, 2.45) is 5.41 Å². The Morgan fingerprint density at radius 1 is 1.33 bits per heavy atom. The summed E-state index contributed by atoms with van der Waals surface area (Å²) in [6, 6.07) is 0.436. The van der Waals surface area contributed by atoms with Crippen molar-refractivity contribution in [2.75, 3.05) is 40.4 Å². The molecule has 1 N–H and O–H groups in total. The molecule has 0 fully saturated rings. The lowest BCUT2D eigenvalue weighted by Crippen LogP contribution is -2.42. The summed E-state index contributed by atoms with van der Waals surface area (Å²) in [7, 11) is 4.23. The molecule has 0 aromatic rings. The quantitative estimate of drug-likeness (QED) is 0.667. The largest absolute Gasteiger partial charge is 0.380 e. The Hall–Kier alpha value is -0.120. The highest BCUT2D eigenvalue weighted by atomic mass is 16.5. The summed E-state index contributed by atoms with van der Waals surface area (Å²) in [5.74, 6) is 0. The topological polar surface area (TPSA) is 24.5 Å². The molecule has 0 heterocycles. The Balaban J connectivity index is 3.71. The van der Waals surface area contributed by atoms with Crippen molar-refractivity contribution < 1.29 is 4.74 Å². The van der Waals surface area contributed by atoms with Crippen molar-refractivity contribution in [3.63, 3.8) is 0 Å². The van der Waals surface area contributed by atoms with Gasteiger partial charge in [0.05, 0.1) is 6.61 Å². The predicted octanol–water partition coefficient (Wildman–Crippen LogP) is 1.59. The molecule has 0 rings (SSSR count). The van der Waals surface area contributed by atoms with Crippen LogP contribution >= 0.6 is 0 Å². The van der Waals surface area contributed by atoms with E-state index in [0.29, 0.717) is 11.5 Å². The molecule has 0 bridgehead atoms. The molecule has 1 unspecified atom stereocenters. The van der Waals surface area contributed by atoms with Crippen molar-refractivity contribution in [1.82, 2.24) is 10.2 Å². The summed E-state index contributed by atoms with van der Waals surface area (Å²) in [6.45, 7) is 12.5. The van der Waals surface area contributed by atoms with E-state index in [9.17, 15) is 0 Å². The Morgan fingerprint density at radius 3 is 2.40 bits per heavy atom. The smallest absolute Gasteiger partial charge is 0.0616 e. The van der Waals surface area contributed by atoms with Gasteiger partial charge in [-0.05, 0) is 33.4 Å². The Bertz CT molecular complexity index is 158. The van der Waals surface area contributed by atoms with Crippen molar-refractivity contribution in [3.8, 4) is 0 Å². The molecule has 0 aromatic carbocycles. The van der Waals surface area contributed by atoms with Crippen LogP contribution in [0.15, 0.2) is 0 Å². The van der Waals surface area contributed by atoms with Crippen LogP contribution in [0.25, 0.3) is 0 Å². The zero-order valence-electron chi connectivity index (χ0n) is 11.3. The second-order valence-corrected chi connectivity index (χ2v) is 5.34. The molecule has 0 saturated carbocycles. The van der Waals surface area contributed by atoms with Gasteiger partial charge in [0.15, 0.2) is 0 Å². The fraction of sp³-hybridized carbons (Fsp3) is 1.00. The van der Waals surface area contributed by atoms with Crippen LogP contribution in [-0.2, 0) is 4.74 Å². The fourth-order valence-corrected chi connectivity index (χ4v) is 1.72. The molecule has 0 saturated heterocycles. The summed E-state index contributed by atoms with van der Waals surface area (Å²) in [6.07, 6.45) is 0. The van der Waals surface area contributed by atoms with Gasteiger partial charge in [-0.1, -0.05) is 13.8 Å². The first-order chi connectivity index (χ1) is 6.87. The van der Waals surface area contributed by atoms with Crippen LogP contribution in [0.2, 0.25) is 0 Å². The molecule has 0 aromatic heterocycles. The second kappa shape index (κ2) is 7.20. The summed E-state index contributed by atoms with van der Waals surface area (Å²) in [4.78, 5) is 2.23. The van der Waals surface area contributed by atoms with E-state index in [1.165, 1.54) is 0 Å². The van der Waals surface area contributed by atoms with Crippen molar-refractivity contribution in [1.29, 1.82) is 0 Å². The van der Waals surface area contributed by atoms with Crippen LogP contribution in [0.5, 0.6) is 0 Å². The average Bonchev–Trinajstić information content (AvgIpc) is 2.09. The number of nitrogens with zero attached hydrogens (tertiary/aromatic N) is 1. The van der Waals surface area contributed by atoms with Crippen molar-refractivity contribution >= 4 is 0 Å². The van der Waals surface area contributed by atoms with Crippen LogP contribution in [0, 0.1) is 5.41 Å². The van der Waals surface area contributed by atoms with E-state index >= 15 is 0 Å². The van der Waals surface area contributed by atoms with Gasteiger partial charge in [-0.15, -0.1) is 0 Å². The molecular weight excluding hydrogens is 188 g/mol. The van der Waals surface area contributed by atoms with E-state index in [2.05, 4.69) is 45.1 Å². The number of nitrogens with one attached hydrogen (secondary N) is 1. The minimum Gasteiger partial charge on any atom is -0.380 e. The molecule has 0 aliphatic heterocycles. The van der Waals surface area contributed by atoms with E-state index in [1.807, 2.05) is 6.92 Å². The first kappa shape index (κ1) is 14.9. The minimum atomic E-state index is 0.309. The molecular formula is C12H28N2O. The molecule has 0 aliphatic carbocycles. The highest BCUT2D eigenvalue weighted by molar-refractivity contribution is 4.75. The Kier molecular flexibility index (Phi) is 7.14. The van der Waals surface area contributed by atoms with E-state index in [0.717, 1.165) is 26.3 Å². The average molecular weight is 216 g/mol. The van der Waals surface area contributed by atoms with E-state index < -0.39 is 0 Å². The maximum absolute atomic E-state index is 5.37. The van der Waals surface area contributed by atoms with Crippen LogP contribution in [0.3, 0.4) is 0 Å². The predicted molar refractivity (Wildman–Crippen MR) is 66.3 cm³/mol. The number of hydrogen-bond donors (Lipinski definition) is 1. The molecule has 15 heavy (non-hydrogen) atoms. The zero-order chi connectivity index (χ0) is 11.9. The zero-order valence-corrected chi connectivity index (χ0v) is 11.3. The third-order valence-corrected chi connectivity index (χ3v) is 2.25. The highest BCUT2D eigenvalue weighted by Gasteiger charge is 2.19. The van der Waals surface area contributed by atoms with Crippen molar-refractivity contribution in [2.45, 2.75) is 33.7 Å². The minimum absolute atomic E-state index is 0.309. The van der Waals surface area contributed by atoms with E-state index in [-0.39, 0.29) is 0 Å². The maximum atomic E-state index is 5.37. The Labute approximate surface area is 95.2 Å². The molecule has 1 atom stereocenters. The number of hydrogen-bond acceptors (Lipinski definition) is 3. The van der Waals surface area contributed by atoms with Crippen molar-refractivity contribution in [3.05, 3.63) is 0 Å². The molecule has 3 nitrogen and oxygen atoms in total. The van der Waals surface area contributed by atoms with Gasteiger partial charge in [-0.2, -0.15) is 0 Å². The Morgan fingerprint density at radius 2 is 1.93 bits per heavy atom. The van der Waals surface area contributed by atoms with Gasteiger partial charge in [0.2, 0.25) is 0 Å². The van der Waals surface area contributed by atoms with Crippen LogP contribution in [0.1, 0.15) is 27.7 Å². The SMILES string of the molecule is CCOCC(C)NCC(C)(C)CN(C)C.